The van der Waals surface area contributed by atoms with E-state index < -0.39 is 52.8 Å². The number of unbranched alkanes of at least 4 members (excludes halogenated alkanes) is 2. The number of aromatic hydroxyl groups is 1. The maximum atomic E-state index is 15.5. The van der Waals surface area contributed by atoms with Gasteiger partial charge in [-0.15, -0.1) is 0 Å². The molecule has 3 N–H and O–H groups in total. The molecule has 3 fully saturated rings. The van der Waals surface area contributed by atoms with Gasteiger partial charge in [-0.05, 0) is 85.2 Å². The van der Waals surface area contributed by atoms with Crippen molar-refractivity contribution < 1.29 is 48.4 Å². The minimum Gasteiger partial charge on any atom is -0.502 e. The summed E-state index contributed by atoms with van der Waals surface area (Å²) in [5.41, 5.74) is 3.28. The van der Waals surface area contributed by atoms with Crippen molar-refractivity contribution in [2.45, 2.75) is 49.9 Å². The molecule has 56 heavy (non-hydrogen) atoms. The summed E-state index contributed by atoms with van der Waals surface area (Å²) in [5, 5.41) is 21.6. The number of phenolic OH excluding ortho intramolecular Hbond substituents is 1. The molecule has 294 valence electrons. The van der Waals surface area contributed by atoms with Crippen LogP contribution in [0.25, 0.3) is 0 Å². The largest absolute Gasteiger partial charge is 0.502 e. The molecule has 4 aliphatic rings. The number of carboxylic acids is 1. The molecule has 1 saturated carbocycles. The van der Waals surface area contributed by atoms with Crippen molar-refractivity contribution in [3.63, 3.8) is 0 Å². The molecule has 4 amide bonds. The first kappa shape index (κ1) is 39.0. The number of methoxy groups -OCH3 is 3. The number of carbonyl (C=O) groups excluding carboxylic acids is 4. The standard InChI is InChI=1S/C41H41Cl2N3O10/c1-54-24-11-8-22(9-12-24)41-28(38(51)46(40(41)53)44-30-15-10-23(42)19-29(30)43)20-27-25(35(41)21-17-31(55-2)36(49)32(18-21)56-3)13-14-26-34(27)39(52)45(37(26)50)16-6-4-5-7-33(47)48/h8-13,15,17-19,26-28,34-35,44,49H,4-7,14,16,20H2,1-3H3,(H,47,48)/t26-,27+,28-,34-,35-,41+/m0/s1. The van der Waals surface area contributed by atoms with E-state index in [4.69, 9.17) is 42.5 Å². The molecule has 2 aliphatic heterocycles. The highest BCUT2D eigenvalue weighted by Gasteiger charge is 2.70. The number of carbonyl (C=O) groups is 5. The first-order chi connectivity index (χ1) is 26.9. The fraction of sp³-hybridized carbons (Fsp3) is 0.390. The topological polar surface area (TPSA) is 172 Å². The molecule has 2 aliphatic carbocycles. The number of halogens is 2. The van der Waals surface area contributed by atoms with Gasteiger partial charge >= 0.3 is 5.97 Å². The predicted molar refractivity (Wildman–Crippen MR) is 205 cm³/mol. The van der Waals surface area contributed by atoms with Crippen molar-refractivity contribution in [2.24, 2.45) is 23.7 Å². The van der Waals surface area contributed by atoms with Gasteiger partial charge in [-0.2, -0.15) is 5.01 Å². The molecule has 0 radical (unpaired) electrons. The monoisotopic (exact) mass is 805 g/mol. The minimum atomic E-state index is -1.63. The number of fused-ring (bicyclic) bond motifs is 4. The second-order valence-corrected chi connectivity index (χ2v) is 15.4. The zero-order valence-corrected chi connectivity index (χ0v) is 32.4. The van der Waals surface area contributed by atoms with Gasteiger partial charge in [0.1, 0.15) is 5.75 Å². The van der Waals surface area contributed by atoms with E-state index in [-0.39, 0.29) is 65.6 Å². The van der Waals surface area contributed by atoms with E-state index in [9.17, 15) is 24.3 Å². The van der Waals surface area contributed by atoms with Crippen molar-refractivity contribution in [1.82, 2.24) is 9.91 Å². The summed E-state index contributed by atoms with van der Waals surface area (Å²) in [4.78, 5) is 71.1. The molecule has 6 atom stereocenters. The number of benzene rings is 3. The zero-order valence-electron chi connectivity index (χ0n) is 30.9. The van der Waals surface area contributed by atoms with Gasteiger partial charge in [0.15, 0.2) is 11.5 Å². The number of amides is 4. The average molecular weight is 807 g/mol. The number of rotatable bonds is 13. The Hall–Kier alpha value is -5.27. The highest BCUT2D eigenvalue weighted by Crippen LogP contribution is 2.65. The van der Waals surface area contributed by atoms with E-state index >= 15 is 4.79 Å². The molecule has 15 heteroatoms. The summed E-state index contributed by atoms with van der Waals surface area (Å²) >= 11 is 12.7. The van der Waals surface area contributed by atoms with Crippen LogP contribution in [0.4, 0.5) is 5.69 Å². The normalized spacial score (nSPS) is 25.4. The highest BCUT2D eigenvalue weighted by atomic mass is 35.5. The third-order valence-corrected chi connectivity index (χ3v) is 12.3. The number of hydrazine groups is 1. The number of aliphatic carboxylic acids is 1. The Morgan fingerprint density at radius 1 is 0.875 bits per heavy atom. The average Bonchev–Trinajstić information content (AvgIpc) is 3.55. The Morgan fingerprint density at radius 2 is 1.57 bits per heavy atom. The van der Waals surface area contributed by atoms with E-state index in [1.165, 1.54) is 32.3 Å². The van der Waals surface area contributed by atoms with Crippen molar-refractivity contribution in [3.05, 3.63) is 87.4 Å². The summed E-state index contributed by atoms with van der Waals surface area (Å²) in [7, 11) is 4.30. The van der Waals surface area contributed by atoms with Gasteiger partial charge in [0.2, 0.25) is 17.6 Å². The van der Waals surface area contributed by atoms with E-state index in [0.29, 0.717) is 46.7 Å². The number of hydrogen-bond acceptors (Lipinski definition) is 10. The van der Waals surface area contributed by atoms with Crippen molar-refractivity contribution in [2.75, 3.05) is 33.3 Å². The molecule has 0 spiro atoms. The van der Waals surface area contributed by atoms with Crippen LogP contribution >= 0.6 is 23.2 Å². The number of carboxylic acid groups (broad SMARTS) is 1. The summed E-state index contributed by atoms with van der Waals surface area (Å²) in [5.74, 6) is -6.43. The summed E-state index contributed by atoms with van der Waals surface area (Å²) < 4.78 is 16.6. The molecule has 2 heterocycles. The lowest BCUT2D eigenvalue weighted by molar-refractivity contribution is -0.141. The molecule has 7 rings (SSSR count). The molecule has 0 aromatic heterocycles. The second-order valence-electron chi connectivity index (χ2n) is 14.5. The molecular formula is C41H41Cl2N3O10. The number of phenols is 1. The van der Waals surface area contributed by atoms with Gasteiger partial charge in [-0.1, -0.05) is 53.4 Å². The first-order valence-corrected chi connectivity index (χ1v) is 19.1. The third kappa shape index (κ3) is 6.30. The lowest BCUT2D eigenvalue weighted by Crippen LogP contribution is -2.53. The molecular weight excluding hydrogens is 765 g/mol. The molecule has 2 saturated heterocycles. The predicted octanol–water partition coefficient (Wildman–Crippen LogP) is 6.35. The molecule has 3 aromatic carbocycles. The number of nitrogens with zero attached hydrogens (tertiary/aromatic N) is 2. The van der Waals surface area contributed by atoms with Gasteiger partial charge < -0.3 is 24.4 Å². The Kier molecular flexibility index (Phi) is 10.7. The SMILES string of the molecule is COc1ccc([C@@]23C(=O)N(Nc4ccc(Cl)cc4Cl)C(=O)[C@@H]2C[C@@H]2C(=CC[C@@H]4C(=O)N(CCCCCC(=O)O)C(=O)[C@@H]42)[C@@H]3c2cc(OC)c(O)c(OC)c2)cc1. The maximum absolute atomic E-state index is 15.5. The molecule has 3 aromatic rings. The van der Waals surface area contributed by atoms with Crippen LogP contribution in [0.3, 0.4) is 0 Å². The second kappa shape index (κ2) is 15.3. The van der Waals surface area contributed by atoms with E-state index in [1.807, 2.05) is 6.08 Å². The number of nitrogens with one attached hydrogen (secondary N) is 1. The quantitative estimate of drug-likeness (QED) is 0.0998. The minimum absolute atomic E-state index is 0.00308. The molecule has 13 nitrogen and oxygen atoms in total. The van der Waals surface area contributed by atoms with Crippen LogP contribution in [0.15, 0.2) is 66.2 Å². The molecule has 0 unspecified atom stereocenters. The fourth-order valence-electron chi connectivity index (χ4n) is 9.31. The van der Waals surface area contributed by atoms with E-state index in [1.54, 1.807) is 48.5 Å². The number of allylic oxidation sites excluding steroid dienone is 2. The lowest BCUT2D eigenvalue weighted by Gasteiger charge is -2.50. The van der Waals surface area contributed by atoms with Crippen LogP contribution in [0.5, 0.6) is 23.0 Å². The van der Waals surface area contributed by atoms with E-state index in [2.05, 4.69) is 5.43 Å². The van der Waals surface area contributed by atoms with Crippen LogP contribution in [-0.4, -0.2) is 77.6 Å². The number of hydrogen-bond donors (Lipinski definition) is 3. The number of anilines is 1. The van der Waals surface area contributed by atoms with Crippen LogP contribution in [-0.2, 0) is 29.4 Å². The Morgan fingerprint density at radius 3 is 2.20 bits per heavy atom. The fourth-order valence-corrected chi connectivity index (χ4v) is 9.76. The smallest absolute Gasteiger partial charge is 0.303 e. The Bertz CT molecular complexity index is 2120. The first-order valence-electron chi connectivity index (χ1n) is 18.3. The Labute approximate surface area is 333 Å². The number of ether oxygens (including phenoxy) is 3. The summed E-state index contributed by atoms with van der Waals surface area (Å²) in [6.07, 6.45) is 3.60. The van der Waals surface area contributed by atoms with Gasteiger partial charge in [0, 0.05) is 23.9 Å². The van der Waals surface area contributed by atoms with Crippen LogP contribution in [0.2, 0.25) is 10.0 Å². The van der Waals surface area contributed by atoms with Crippen LogP contribution in [0.1, 0.15) is 55.6 Å². The maximum Gasteiger partial charge on any atom is 0.303 e. The van der Waals surface area contributed by atoms with Crippen molar-refractivity contribution in [3.8, 4) is 23.0 Å². The summed E-state index contributed by atoms with van der Waals surface area (Å²) in [6, 6.07) is 14.8. The highest BCUT2D eigenvalue weighted by molar-refractivity contribution is 6.36. The zero-order chi connectivity index (χ0) is 40.1. The van der Waals surface area contributed by atoms with Gasteiger partial charge in [0.25, 0.3) is 11.8 Å². The molecule has 0 bridgehead atoms. The van der Waals surface area contributed by atoms with Crippen LogP contribution < -0.4 is 19.6 Å². The van der Waals surface area contributed by atoms with Crippen molar-refractivity contribution in [1.29, 1.82) is 0 Å². The van der Waals surface area contributed by atoms with Crippen molar-refractivity contribution >= 4 is 58.5 Å². The number of imide groups is 2. The lowest BCUT2D eigenvalue weighted by atomic mass is 9.49. The van der Waals surface area contributed by atoms with Gasteiger partial charge in [-0.3, -0.25) is 34.3 Å². The van der Waals surface area contributed by atoms with E-state index in [0.717, 1.165) is 5.01 Å². The number of likely N-dealkylation sites (tertiary alicyclic amines) is 1. The van der Waals surface area contributed by atoms with Crippen LogP contribution in [0, 0.1) is 23.7 Å². The summed E-state index contributed by atoms with van der Waals surface area (Å²) in [6.45, 7) is 0.151. The third-order valence-electron chi connectivity index (χ3n) is 11.8. The Balaban J connectivity index is 1.40. The van der Waals surface area contributed by atoms with Gasteiger partial charge in [0.05, 0.1) is 55.2 Å². The van der Waals surface area contributed by atoms with Gasteiger partial charge in [-0.25, -0.2) is 0 Å².